The summed E-state index contributed by atoms with van der Waals surface area (Å²) in [5, 5.41) is 3.62. The molecule has 0 radical (unpaired) electrons. The van der Waals surface area contributed by atoms with E-state index in [2.05, 4.69) is 31.1 Å². The fourth-order valence-electron chi connectivity index (χ4n) is 0.353. The normalized spacial score (nSPS) is 11.2. The highest BCUT2D eigenvalue weighted by molar-refractivity contribution is 5.57. The van der Waals surface area contributed by atoms with Gasteiger partial charge in [0.05, 0.1) is 27.4 Å². The van der Waals surface area contributed by atoms with Gasteiger partial charge in [-0.3, -0.25) is 0 Å². The van der Waals surface area contributed by atoms with E-state index >= 15 is 0 Å². The molecule has 0 aromatic rings. The molecule has 0 heterocycles. The van der Waals surface area contributed by atoms with Crippen LogP contribution in [0.2, 0.25) is 0 Å². The molecule has 0 amide bonds. The Balaban J connectivity index is 0. The average Bonchev–Trinajstić information content (AvgIpc) is 1.63. The Labute approximate surface area is 79.6 Å². The van der Waals surface area contributed by atoms with Crippen molar-refractivity contribution in [2.75, 3.05) is 34.8 Å². The Kier molecular flexibility index (Phi) is 7.56. The van der Waals surface area contributed by atoms with Gasteiger partial charge in [-0.15, -0.1) is 0 Å². The summed E-state index contributed by atoms with van der Waals surface area (Å²) in [6, 6.07) is 0. The van der Waals surface area contributed by atoms with Crippen molar-refractivity contribution in [2.45, 2.75) is 0 Å². The molecule has 0 aliphatic heterocycles. The maximum absolute atomic E-state index is 4.50. The molecule has 0 unspecified atom stereocenters. The number of oxime groups is 1. The lowest BCUT2D eigenvalue weighted by molar-refractivity contribution is -0.860. The van der Waals surface area contributed by atoms with Gasteiger partial charge in [-0.1, -0.05) is 5.16 Å². The highest BCUT2D eigenvalue weighted by Crippen LogP contribution is 1.84. The largest absolute Gasteiger partial charge is 1.00 e. The lowest BCUT2D eigenvalue weighted by Gasteiger charge is -2.20. The van der Waals surface area contributed by atoms with E-state index in [1.165, 1.54) is 0 Å². The molecule has 10 heavy (non-hydrogen) atoms. The van der Waals surface area contributed by atoms with E-state index in [-0.39, 0.29) is 24.0 Å². The predicted molar refractivity (Wildman–Crippen MR) is 38.4 cm³/mol. The van der Waals surface area contributed by atoms with Crippen LogP contribution in [0.3, 0.4) is 0 Å². The number of hydrogen-bond acceptors (Lipinski definition) is 2. The van der Waals surface area contributed by atoms with Gasteiger partial charge in [0.25, 0.3) is 0 Å². The number of hydrogen-bond donors (Lipinski definition) is 0. The topological polar surface area (TPSA) is 21.6 Å². The minimum absolute atomic E-state index is 0. The Hall–Kier alpha value is 0.160. The summed E-state index contributed by atoms with van der Waals surface area (Å²) in [5.74, 6) is 0. The van der Waals surface area contributed by atoms with Crippen molar-refractivity contribution in [2.24, 2.45) is 5.16 Å². The predicted octanol–water partition coefficient (Wildman–Crippen LogP) is -2.67. The second-order valence-electron chi connectivity index (χ2n) is 2.94. The number of rotatable bonds is 3. The van der Waals surface area contributed by atoms with E-state index in [0.29, 0.717) is 0 Å². The van der Waals surface area contributed by atoms with Crippen molar-refractivity contribution in [3.05, 3.63) is 0 Å². The summed E-state index contributed by atoms with van der Waals surface area (Å²) < 4.78 is 0.882. The van der Waals surface area contributed by atoms with Crippen LogP contribution in [0, 0.1) is 0 Å². The molecule has 0 rings (SSSR count). The average molecular weight is 258 g/mol. The van der Waals surface area contributed by atoms with Crippen LogP contribution in [0.15, 0.2) is 5.16 Å². The summed E-state index contributed by atoms with van der Waals surface area (Å²) in [4.78, 5) is 4.50. The van der Waals surface area contributed by atoms with Crippen LogP contribution in [0.1, 0.15) is 0 Å². The summed E-state index contributed by atoms with van der Waals surface area (Å²) in [7, 11) is 7.84. The second-order valence-corrected chi connectivity index (χ2v) is 2.94. The van der Waals surface area contributed by atoms with Gasteiger partial charge in [0.15, 0.2) is 0 Å². The Morgan fingerprint density at radius 2 is 1.90 bits per heavy atom. The standard InChI is InChI=1S/C6H15N2O.HI/c1-8(2,3)6-5-7-9-4;/h5H,6H2,1-4H3;1H/q+1;/p-1. The molecular weight excluding hydrogens is 243 g/mol. The van der Waals surface area contributed by atoms with Crippen LogP contribution in [-0.2, 0) is 4.84 Å². The molecule has 3 nitrogen and oxygen atoms in total. The third-order valence-electron chi connectivity index (χ3n) is 0.809. The Bertz CT molecular complexity index is 98.4. The first-order valence-corrected chi connectivity index (χ1v) is 2.92. The number of halogens is 1. The smallest absolute Gasteiger partial charge is 0.117 e. The number of quaternary nitrogens is 1. The minimum atomic E-state index is 0. The van der Waals surface area contributed by atoms with Gasteiger partial charge in [-0.05, 0) is 0 Å². The highest BCUT2D eigenvalue weighted by atomic mass is 127. The Morgan fingerprint density at radius 3 is 2.20 bits per heavy atom. The van der Waals surface area contributed by atoms with Crippen LogP contribution in [0.5, 0.6) is 0 Å². The van der Waals surface area contributed by atoms with Gasteiger partial charge >= 0.3 is 0 Å². The fourth-order valence-corrected chi connectivity index (χ4v) is 0.353. The molecule has 4 heteroatoms. The molecule has 0 aliphatic carbocycles. The maximum Gasteiger partial charge on any atom is 0.117 e. The molecule has 0 aromatic carbocycles. The summed E-state index contributed by atoms with van der Waals surface area (Å²) in [6.07, 6.45) is 1.76. The molecule has 0 fully saturated rings. The van der Waals surface area contributed by atoms with Crippen LogP contribution >= 0.6 is 0 Å². The quantitative estimate of drug-likeness (QED) is 0.234. The molecular formula is C6H15IN2O. The van der Waals surface area contributed by atoms with Gasteiger partial charge in [-0.2, -0.15) is 0 Å². The highest BCUT2D eigenvalue weighted by Gasteiger charge is 2.01. The van der Waals surface area contributed by atoms with Crippen molar-refractivity contribution < 1.29 is 33.3 Å². The molecule has 0 spiro atoms. The van der Waals surface area contributed by atoms with Gasteiger partial charge in [-0.25, -0.2) is 0 Å². The lowest BCUT2D eigenvalue weighted by Crippen LogP contribution is -3.00. The molecule has 0 atom stereocenters. The zero-order valence-electron chi connectivity index (χ0n) is 6.97. The summed E-state index contributed by atoms with van der Waals surface area (Å²) >= 11 is 0. The molecule has 0 saturated carbocycles. The first-order valence-electron chi connectivity index (χ1n) is 2.92. The van der Waals surface area contributed by atoms with Crippen molar-refractivity contribution in [1.29, 1.82) is 0 Å². The van der Waals surface area contributed by atoms with Crippen LogP contribution in [-0.4, -0.2) is 45.5 Å². The van der Waals surface area contributed by atoms with Crippen LogP contribution < -0.4 is 24.0 Å². The first kappa shape index (κ1) is 12.8. The SMILES string of the molecule is CON=CC[N+](C)(C)C.[I-]. The van der Waals surface area contributed by atoms with Crippen molar-refractivity contribution in [1.82, 2.24) is 0 Å². The molecule has 0 bridgehead atoms. The van der Waals surface area contributed by atoms with Crippen molar-refractivity contribution in [3.8, 4) is 0 Å². The zero-order valence-corrected chi connectivity index (χ0v) is 9.12. The number of nitrogens with zero attached hydrogens (tertiary/aromatic N) is 2. The van der Waals surface area contributed by atoms with Crippen molar-refractivity contribution >= 4 is 6.21 Å². The maximum atomic E-state index is 4.50. The third kappa shape index (κ3) is 11.0. The minimum Gasteiger partial charge on any atom is -1.00 e. The molecule has 0 aliphatic rings. The zero-order chi connectivity index (χ0) is 7.33. The fraction of sp³-hybridized carbons (Fsp3) is 0.833. The second kappa shape index (κ2) is 5.91. The van der Waals surface area contributed by atoms with E-state index in [0.717, 1.165) is 11.0 Å². The first-order chi connectivity index (χ1) is 4.06. The van der Waals surface area contributed by atoms with Crippen LogP contribution in [0.25, 0.3) is 0 Å². The third-order valence-corrected chi connectivity index (χ3v) is 0.809. The summed E-state index contributed by atoms with van der Waals surface area (Å²) in [5.41, 5.74) is 0. The molecule has 62 valence electrons. The van der Waals surface area contributed by atoms with E-state index in [9.17, 15) is 0 Å². The molecule has 0 saturated heterocycles. The van der Waals surface area contributed by atoms with Crippen molar-refractivity contribution in [3.63, 3.8) is 0 Å². The monoisotopic (exact) mass is 258 g/mol. The Morgan fingerprint density at radius 1 is 1.40 bits per heavy atom. The van der Waals surface area contributed by atoms with E-state index < -0.39 is 0 Å². The van der Waals surface area contributed by atoms with E-state index in [4.69, 9.17) is 0 Å². The molecule has 0 N–H and O–H groups in total. The van der Waals surface area contributed by atoms with Crippen LogP contribution in [0.4, 0.5) is 0 Å². The van der Waals surface area contributed by atoms with Gasteiger partial charge in [0.2, 0.25) is 0 Å². The van der Waals surface area contributed by atoms with E-state index in [1.54, 1.807) is 13.3 Å². The lowest BCUT2D eigenvalue weighted by atomic mass is 10.5. The van der Waals surface area contributed by atoms with Gasteiger partial charge < -0.3 is 33.3 Å². The van der Waals surface area contributed by atoms with E-state index in [1.807, 2.05) is 0 Å². The summed E-state index contributed by atoms with van der Waals surface area (Å²) in [6.45, 7) is 0.897. The van der Waals surface area contributed by atoms with Gasteiger partial charge in [0.1, 0.15) is 13.7 Å². The van der Waals surface area contributed by atoms with Gasteiger partial charge in [0, 0.05) is 0 Å². The molecule has 0 aromatic heterocycles.